The second-order valence-electron chi connectivity index (χ2n) is 13.2. The molecule has 0 aromatic carbocycles. The summed E-state index contributed by atoms with van der Waals surface area (Å²) < 4.78 is 0. The highest BCUT2D eigenvalue weighted by Gasteiger charge is 2.28. The summed E-state index contributed by atoms with van der Waals surface area (Å²) in [6.45, 7) is 4.53. The molecule has 0 heterocycles. The zero-order valence-electron chi connectivity index (χ0n) is 28.5. The maximum absolute atomic E-state index is 12.3. The van der Waals surface area contributed by atoms with Crippen molar-refractivity contribution in [3.05, 3.63) is 0 Å². The van der Waals surface area contributed by atoms with Crippen molar-refractivity contribution in [2.45, 2.75) is 232 Å². The molecule has 2 atom stereocenters. The van der Waals surface area contributed by atoms with Gasteiger partial charge in [-0.1, -0.05) is 194 Å². The second kappa shape index (κ2) is 33.2. The number of ketones is 2. The van der Waals surface area contributed by atoms with Crippen LogP contribution in [0.25, 0.3) is 0 Å². The predicted molar refractivity (Wildman–Crippen MR) is 181 cm³/mol. The molecule has 0 saturated carbocycles. The first-order valence-electron chi connectivity index (χ1n) is 19.0. The minimum absolute atomic E-state index is 0.253. The Kier molecular flexibility index (Phi) is 32.6. The van der Waals surface area contributed by atoms with E-state index in [-0.39, 0.29) is 24.4 Å². The van der Waals surface area contributed by atoms with Crippen LogP contribution in [0.3, 0.4) is 0 Å². The Hall–Kier alpha value is -0.740. The highest BCUT2D eigenvalue weighted by Crippen LogP contribution is 2.16. The Bertz CT molecular complexity index is 525. The Morgan fingerprint density at radius 2 is 0.500 bits per heavy atom. The average Bonchev–Trinajstić information content (AvgIpc) is 3.00. The van der Waals surface area contributed by atoms with Crippen molar-refractivity contribution in [1.82, 2.24) is 0 Å². The van der Waals surface area contributed by atoms with E-state index >= 15 is 0 Å². The van der Waals surface area contributed by atoms with Crippen molar-refractivity contribution < 1.29 is 19.8 Å². The number of rotatable bonds is 35. The van der Waals surface area contributed by atoms with Gasteiger partial charge in [0.1, 0.15) is 12.2 Å². The molecular formula is C38H74O4. The molecule has 250 valence electrons. The lowest BCUT2D eigenvalue weighted by Crippen LogP contribution is -2.39. The van der Waals surface area contributed by atoms with Crippen LogP contribution >= 0.6 is 0 Å². The zero-order valence-corrected chi connectivity index (χ0v) is 28.5. The van der Waals surface area contributed by atoms with Crippen molar-refractivity contribution in [2.24, 2.45) is 0 Å². The van der Waals surface area contributed by atoms with Crippen LogP contribution < -0.4 is 0 Å². The van der Waals surface area contributed by atoms with Gasteiger partial charge in [-0.25, -0.2) is 0 Å². The summed E-state index contributed by atoms with van der Waals surface area (Å²) in [6, 6.07) is 0. The lowest BCUT2D eigenvalue weighted by Gasteiger charge is -2.15. The number of aliphatic hydroxyl groups excluding tert-OH is 2. The number of carbonyl (C=O) groups is 2. The van der Waals surface area contributed by atoms with E-state index in [1.165, 1.54) is 154 Å². The number of Topliss-reactive ketones (excluding diaryl/α,β-unsaturated/α-hetero) is 2. The van der Waals surface area contributed by atoms with Gasteiger partial charge in [0.05, 0.1) is 0 Å². The fourth-order valence-electron chi connectivity index (χ4n) is 5.99. The number of carbonyl (C=O) groups excluding carboxylic acids is 2. The summed E-state index contributed by atoms with van der Waals surface area (Å²) in [5.41, 5.74) is 0. The molecule has 0 bridgehead atoms. The topological polar surface area (TPSA) is 74.6 Å². The molecule has 0 saturated heterocycles. The molecule has 0 aliphatic heterocycles. The van der Waals surface area contributed by atoms with Gasteiger partial charge in [0.15, 0.2) is 11.6 Å². The van der Waals surface area contributed by atoms with Gasteiger partial charge in [-0.15, -0.1) is 0 Å². The van der Waals surface area contributed by atoms with E-state index in [0.717, 1.165) is 38.5 Å². The first-order chi connectivity index (χ1) is 20.5. The summed E-state index contributed by atoms with van der Waals surface area (Å²) in [7, 11) is 0. The van der Waals surface area contributed by atoms with Crippen molar-refractivity contribution in [1.29, 1.82) is 0 Å². The highest BCUT2D eigenvalue weighted by atomic mass is 16.3. The van der Waals surface area contributed by atoms with Gasteiger partial charge in [0.2, 0.25) is 0 Å². The molecule has 0 spiro atoms. The van der Waals surface area contributed by atoms with Crippen molar-refractivity contribution in [3.63, 3.8) is 0 Å². The fourth-order valence-corrected chi connectivity index (χ4v) is 5.99. The number of hydrogen-bond donors (Lipinski definition) is 2. The summed E-state index contributed by atoms with van der Waals surface area (Å²) in [5.74, 6) is -0.774. The van der Waals surface area contributed by atoms with Crippen molar-refractivity contribution in [2.75, 3.05) is 0 Å². The maximum atomic E-state index is 12.3. The third-order valence-corrected chi connectivity index (χ3v) is 9.01. The van der Waals surface area contributed by atoms with E-state index in [4.69, 9.17) is 0 Å². The van der Waals surface area contributed by atoms with Gasteiger partial charge < -0.3 is 10.2 Å². The van der Waals surface area contributed by atoms with Crippen LogP contribution in [0.5, 0.6) is 0 Å². The number of hydrogen-bond acceptors (Lipinski definition) is 4. The summed E-state index contributed by atoms with van der Waals surface area (Å²) in [5, 5.41) is 20.4. The number of aliphatic hydroxyl groups is 2. The van der Waals surface area contributed by atoms with E-state index < -0.39 is 12.2 Å². The number of unbranched alkanes of at least 4 members (excludes halogenated alkanes) is 28. The quantitative estimate of drug-likeness (QED) is 0.0716. The van der Waals surface area contributed by atoms with E-state index in [1.54, 1.807) is 0 Å². The second-order valence-corrected chi connectivity index (χ2v) is 13.2. The van der Waals surface area contributed by atoms with Gasteiger partial charge in [0, 0.05) is 12.8 Å². The van der Waals surface area contributed by atoms with Crippen LogP contribution in [0.1, 0.15) is 219 Å². The minimum atomic E-state index is -1.56. The minimum Gasteiger partial charge on any atom is -0.382 e. The normalized spacial score (nSPS) is 13.0. The third-order valence-electron chi connectivity index (χ3n) is 9.01. The predicted octanol–water partition coefficient (Wildman–Crippen LogP) is 11.4. The van der Waals surface area contributed by atoms with Crippen LogP contribution in [-0.2, 0) is 9.59 Å². The Labute approximate surface area is 262 Å². The van der Waals surface area contributed by atoms with Crippen LogP contribution in [-0.4, -0.2) is 34.0 Å². The summed E-state index contributed by atoms with van der Waals surface area (Å²) >= 11 is 0. The Morgan fingerprint density at radius 1 is 0.333 bits per heavy atom. The molecule has 4 nitrogen and oxygen atoms in total. The lowest BCUT2D eigenvalue weighted by molar-refractivity contribution is -0.143. The lowest BCUT2D eigenvalue weighted by atomic mass is 9.97. The van der Waals surface area contributed by atoms with Gasteiger partial charge in [0.25, 0.3) is 0 Å². The first kappa shape index (κ1) is 41.3. The molecule has 0 radical (unpaired) electrons. The van der Waals surface area contributed by atoms with Crippen molar-refractivity contribution >= 4 is 11.6 Å². The van der Waals surface area contributed by atoms with Crippen LogP contribution in [0.2, 0.25) is 0 Å². The third kappa shape index (κ3) is 28.1. The first-order valence-corrected chi connectivity index (χ1v) is 19.0. The van der Waals surface area contributed by atoms with Crippen LogP contribution in [0.4, 0.5) is 0 Å². The van der Waals surface area contributed by atoms with Crippen LogP contribution in [0, 0.1) is 0 Å². The average molecular weight is 595 g/mol. The molecule has 0 aliphatic rings. The van der Waals surface area contributed by atoms with Crippen molar-refractivity contribution in [3.8, 4) is 0 Å². The highest BCUT2D eigenvalue weighted by molar-refractivity contribution is 5.92. The molecule has 2 unspecified atom stereocenters. The molecule has 0 aromatic heterocycles. The van der Waals surface area contributed by atoms with E-state index in [0.29, 0.717) is 0 Å². The molecule has 0 amide bonds. The summed E-state index contributed by atoms with van der Waals surface area (Å²) in [6.07, 6.45) is 35.3. The van der Waals surface area contributed by atoms with E-state index in [1.807, 2.05) is 0 Å². The zero-order chi connectivity index (χ0) is 30.9. The van der Waals surface area contributed by atoms with E-state index in [2.05, 4.69) is 13.8 Å². The molecule has 0 rings (SSSR count). The Morgan fingerprint density at radius 3 is 0.690 bits per heavy atom. The van der Waals surface area contributed by atoms with Gasteiger partial charge in [-0.2, -0.15) is 0 Å². The molecular weight excluding hydrogens is 520 g/mol. The monoisotopic (exact) mass is 595 g/mol. The molecule has 2 N–H and O–H groups in total. The SMILES string of the molecule is CCCCCCCCCCCCCCCCCC(=O)C(O)C(O)C(=O)CCCCCCCCCCCCCCCCC. The molecule has 4 heteroatoms. The van der Waals surface area contributed by atoms with E-state index in [9.17, 15) is 19.8 Å². The largest absolute Gasteiger partial charge is 0.382 e. The molecule has 42 heavy (non-hydrogen) atoms. The standard InChI is InChI=1S/C38H74O4/c1-3-5-7-9-11-13-15-17-19-21-23-25-27-29-31-33-35(39)37(41)38(42)36(40)34-32-30-28-26-24-22-20-18-16-14-12-10-8-6-4-2/h37-38,41-42H,3-34H2,1-2H3. The van der Waals surface area contributed by atoms with Gasteiger partial charge in [-0.3, -0.25) is 9.59 Å². The Balaban J connectivity index is 3.53. The maximum Gasteiger partial charge on any atom is 0.164 e. The molecule has 0 aromatic rings. The summed E-state index contributed by atoms with van der Waals surface area (Å²) in [4.78, 5) is 24.5. The smallest absolute Gasteiger partial charge is 0.164 e. The van der Waals surface area contributed by atoms with Crippen LogP contribution in [0.15, 0.2) is 0 Å². The molecule has 0 fully saturated rings. The van der Waals surface area contributed by atoms with Gasteiger partial charge in [-0.05, 0) is 12.8 Å². The molecule has 0 aliphatic carbocycles. The fraction of sp³-hybridized carbons (Fsp3) is 0.947. The van der Waals surface area contributed by atoms with Gasteiger partial charge >= 0.3 is 0 Å².